The molecule has 6 rings (SSSR count). The second-order valence-corrected chi connectivity index (χ2v) is 8.81. The van der Waals surface area contributed by atoms with E-state index in [0.717, 1.165) is 35.2 Å². The van der Waals surface area contributed by atoms with E-state index >= 15 is 0 Å². The van der Waals surface area contributed by atoms with Gasteiger partial charge in [0.15, 0.2) is 11.5 Å². The summed E-state index contributed by atoms with van der Waals surface area (Å²) in [6, 6.07) is 15.5. The minimum absolute atomic E-state index is 0.0292. The van der Waals surface area contributed by atoms with Crippen molar-refractivity contribution in [3.8, 4) is 11.3 Å². The first-order chi connectivity index (χ1) is 17.2. The van der Waals surface area contributed by atoms with Crippen LogP contribution in [0.25, 0.3) is 22.3 Å². The molecule has 0 N–H and O–H groups in total. The standard InChI is InChI=1S/C26H24N6O3/c1-17-28-25(35-30-17)19-9-5-11-31(15-19)26(33)21-13-23(18-7-3-2-4-8-18)29-24-22(21)14-27-32(24)16-20-10-6-12-34-20/h2-4,6-8,10,12-14,19H,5,9,11,15-16H2,1H3. The van der Waals surface area contributed by atoms with Gasteiger partial charge in [-0.2, -0.15) is 10.1 Å². The van der Waals surface area contributed by atoms with Crippen molar-refractivity contribution in [2.24, 2.45) is 0 Å². The van der Waals surface area contributed by atoms with Crippen LogP contribution in [-0.4, -0.2) is 48.8 Å². The number of fused-ring (bicyclic) bond motifs is 1. The molecule has 176 valence electrons. The number of likely N-dealkylation sites (tertiary alicyclic amines) is 1. The Balaban J connectivity index is 1.40. The van der Waals surface area contributed by atoms with Crippen molar-refractivity contribution in [3.05, 3.63) is 84.0 Å². The zero-order valence-corrected chi connectivity index (χ0v) is 19.3. The highest BCUT2D eigenvalue weighted by Crippen LogP contribution is 2.30. The van der Waals surface area contributed by atoms with Crippen molar-refractivity contribution >= 4 is 16.9 Å². The minimum atomic E-state index is -0.0481. The monoisotopic (exact) mass is 468 g/mol. The number of carbonyl (C=O) groups is 1. The van der Waals surface area contributed by atoms with Crippen LogP contribution < -0.4 is 0 Å². The maximum atomic E-state index is 13.9. The smallest absolute Gasteiger partial charge is 0.254 e. The van der Waals surface area contributed by atoms with Gasteiger partial charge in [-0.25, -0.2) is 9.67 Å². The minimum Gasteiger partial charge on any atom is -0.467 e. The molecule has 1 aromatic carbocycles. The molecule has 1 unspecified atom stereocenters. The molecule has 1 aliphatic heterocycles. The number of amides is 1. The van der Waals surface area contributed by atoms with Crippen LogP contribution >= 0.6 is 0 Å². The summed E-state index contributed by atoms with van der Waals surface area (Å²) >= 11 is 0. The van der Waals surface area contributed by atoms with E-state index in [2.05, 4.69) is 15.2 Å². The van der Waals surface area contributed by atoms with Gasteiger partial charge in [0.2, 0.25) is 5.89 Å². The fourth-order valence-electron chi connectivity index (χ4n) is 4.66. The number of benzene rings is 1. The van der Waals surface area contributed by atoms with E-state index < -0.39 is 0 Å². The Morgan fingerprint density at radius 1 is 1.14 bits per heavy atom. The summed E-state index contributed by atoms with van der Waals surface area (Å²) in [5.74, 6) is 1.95. The number of hydrogen-bond donors (Lipinski definition) is 0. The summed E-state index contributed by atoms with van der Waals surface area (Å²) in [5.41, 5.74) is 2.89. The molecule has 1 aliphatic rings. The zero-order chi connectivity index (χ0) is 23.8. The number of nitrogens with zero attached hydrogens (tertiary/aromatic N) is 6. The number of aromatic nitrogens is 5. The summed E-state index contributed by atoms with van der Waals surface area (Å²) in [7, 11) is 0. The fourth-order valence-corrected chi connectivity index (χ4v) is 4.66. The number of aryl methyl sites for hydroxylation is 1. The van der Waals surface area contributed by atoms with Gasteiger partial charge >= 0.3 is 0 Å². The van der Waals surface area contributed by atoms with Crippen molar-refractivity contribution in [1.29, 1.82) is 0 Å². The Hall–Kier alpha value is -4.27. The van der Waals surface area contributed by atoms with Crippen LogP contribution in [0.1, 0.15) is 46.6 Å². The third-order valence-corrected chi connectivity index (χ3v) is 6.40. The highest BCUT2D eigenvalue weighted by Gasteiger charge is 2.30. The van der Waals surface area contributed by atoms with E-state index in [9.17, 15) is 4.79 Å². The highest BCUT2D eigenvalue weighted by molar-refractivity contribution is 6.06. The highest BCUT2D eigenvalue weighted by atomic mass is 16.5. The molecule has 5 aromatic rings. The second kappa shape index (κ2) is 8.83. The average molecular weight is 469 g/mol. The summed E-state index contributed by atoms with van der Waals surface area (Å²) in [4.78, 5) is 25.0. The number of rotatable bonds is 5. The normalized spacial score (nSPS) is 16.1. The molecular formula is C26H24N6O3. The number of carbonyl (C=O) groups excluding carboxylic acids is 1. The SMILES string of the molecule is Cc1noc(C2CCCN(C(=O)c3cc(-c4ccccc4)nc4c3cnn4Cc3ccco3)C2)n1. The predicted octanol–water partition coefficient (Wildman–Crippen LogP) is 4.45. The molecule has 1 fully saturated rings. The van der Waals surface area contributed by atoms with E-state index in [1.807, 2.05) is 53.4 Å². The number of hydrogen-bond acceptors (Lipinski definition) is 7. The second-order valence-electron chi connectivity index (χ2n) is 8.81. The van der Waals surface area contributed by atoms with Gasteiger partial charge in [0, 0.05) is 18.7 Å². The molecule has 35 heavy (non-hydrogen) atoms. The Labute approximate surface area is 201 Å². The first-order valence-corrected chi connectivity index (χ1v) is 11.7. The molecule has 0 saturated carbocycles. The summed E-state index contributed by atoms with van der Waals surface area (Å²) < 4.78 is 12.7. The third kappa shape index (κ3) is 4.09. The lowest BCUT2D eigenvalue weighted by molar-refractivity contribution is 0.0697. The third-order valence-electron chi connectivity index (χ3n) is 6.40. The summed E-state index contributed by atoms with van der Waals surface area (Å²) in [5, 5.41) is 9.19. The van der Waals surface area contributed by atoms with Gasteiger partial charge in [-0.3, -0.25) is 4.79 Å². The van der Waals surface area contributed by atoms with Crippen molar-refractivity contribution < 1.29 is 13.7 Å². The lowest BCUT2D eigenvalue weighted by Gasteiger charge is -2.31. The van der Waals surface area contributed by atoms with Gasteiger partial charge in [0.25, 0.3) is 5.91 Å². The van der Waals surface area contributed by atoms with Crippen molar-refractivity contribution in [3.63, 3.8) is 0 Å². The first kappa shape index (κ1) is 21.3. The van der Waals surface area contributed by atoms with Gasteiger partial charge in [-0.15, -0.1) is 0 Å². The molecular weight excluding hydrogens is 444 g/mol. The van der Waals surface area contributed by atoms with E-state index in [4.69, 9.17) is 13.9 Å². The molecule has 1 atom stereocenters. The van der Waals surface area contributed by atoms with Crippen LogP contribution in [0.15, 0.2) is 69.9 Å². The van der Waals surface area contributed by atoms with Crippen LogP contribution in [0.3, 0.4) is 0 Å². The van der Waals surface area contributed by atoms with Gasteiger partial charge in [0.05, 0.1) is 35.0 Å². The molecule has 1 amide bonds. The van der Waals surface area contributed by atoms with Gasteiger partial charge in [-0.05, 0) is 38.0 Å². The zero-order valence-electron chi connectivity index (χ0n) is 19.3. The Morgan fingerprint density at radius 3 is 2.80 bits per heavy atom. The lowest BCUT2D eigenvalue weighted by atomic mass is 9.96. The van der Waals surface area contributed by atoms with E-state index in [0.29, 0.717) is 42.6 Å². The molecule has 0 spiro atoms. The fraction of sp³-hybridized carbons (Fsp3) is 0.269. The number of piperidine rings is 1. The van der Waals surface area contributed by atoms with Crippen LogP contribution in [0, 0.1) is 6.92 Å². The van der Waals surface area contributed by atoms with Gasteiger partial charge in [0.1, 0.15) is 12.3 Å². The largest absolute Gasteiger partial charge is 0.467 e. The van der Waals surface area contributed by atoms with Crippen molar-refractivity contribution in [2.75, 3.05) is 13.1 Å². The maximum absolute atomic E-state index is 13.9. The molecule has 5 heterocycles. The van der Waals surface area contributed by atoms with Crippen LogP contribution in [-0.2, 0) is 6.54 Å². The lowest BCUT2D eigenvalue weighted by Crippen LogP contribution is -2.39. The maximum Gasteiger partial charge on any atom is 0.254 e. The van der Waals surface area contributed by atoms with E-state index in [1.165, 1.54) is 0 Å². The molecule has 9 nitrogen and oxygen atoms in total. The topological polar surface area (TPSA) is 103 Å². The van der Waals surface area contributed by atoms with Crippen LogP contribution in [0.5, 0.6) is 0 Å². The van der Waals surface area contributed by atoms with Crippen LogP contribution in [0.2, 0.25) is 0 Å². The summed E-state index contributed by atoms with van der Waals surface area (Å²) in [6.45, 7) is 3.44. The van der Waals surface area contributed by atoms with Crippen molar-refractivity contribution in [1.82, 2.24) is 29.8 Å². The van der Waals surface area contributed by atoms with Gasteiger partial charge in [-0.1, -0.05) is 35.5 Å². The van der Waals surface area contributed by atoms with Crippen LogP contribution in [0.4, 0.5) is 0 Å². The molecule has 0 bridgehead atoms. The average Bonchev–Trinajstić information content (AvgIpc) is 3.66. The number of pyridine rings is 1. The van der Waals surface area contributed by atoms with E-state index in [-0.39, 0.29) is 11.8 Å². The Bertz CT molecular complexity index is 1470. The Morgan fingerprint density at radius 2 is 2.03 bits per heavy atom. The molecule has 4 aromatic heterocycles. The molecule has 0 aliphatic carbocycles. The number of furan rings is 1. The summed E-state index contributed by atoms with van der Waals surface area (Å²) in [6.07, 6.45) is 5.13. The quantitative estimate of drug-likeness (QED) is 0.375. The van der Waals surface area contributed by atoms with Crippen molar-refractivity contribution in [2.45, 2.75) is 32.2 Å². The van der Waals surface area contributed by atoms with E-state index in [1.54, 1.807) is 24.1 Å². The Kier molecular flexibility index (Phi) is 5.36. The van der Waals surface area contributed by atoms with Gasteiger partial charge < -0.3 is 13.8 Å². The molecule has 9 heteroatoms. The molecule has 0 radical (unpaired) electrons. The molecule has 1 saturated heterocycles. The predicted molar refractivity (Wildman–Crippen MR) is 128 cm³/mol. The first-order valence-electron chi connectivity index (χ1n) is 11.7.